The molecule has 5 aromatic carbocycles. The molecule has 9 rings (SSSR count). The van der Waals surface area contributed by atoms with Gasteiger partial charge in [0.25, 0.3) is 0 Å². The Morgan fingerprint density at radius 1 is 0.609 bits per heavy atom. The molecule has 0 N–H and O–H groups in total. The molecule has 4 nitrogen and oxygen atoms in total. The van der Waals surface area contributed by atoms with Gasteiger partial charge in [-0.2, -0.15) is 5.26 Å². The number of benzene rings is 5. The van der Waals surface area contributed by atoms with E-state index in [1.807, 2.05) is 48.5 Å². The van der Waals surface area contributed by atoms with E-state index in [-0.39, 0.29) is 0 Å². The molecule has 3 fully saturated rings. The smallest absolute Gasteiger partial charge is 0.164 e. The van der Waals surface area contributed by atoms with Gasteiger partial charge in [0.05, 0.1) is 11.6 Å². The summed E-state index contributed by atoms with van der Waals surface area (Å²) in [7, 11) is 0. The van der Waals surface area contributed by atoms with E-state index in [0.29, 0.717) is 33.9 Å². The molecule has 222 valence electrons. The second kappa shape index (κ2) is 10.2. The summed E-state index contributed by atoms with van der Waals surface area (Å²) in [6, 6.07) is 42.2. The zero-order chi connectivity index (χ0) is 30.9. The molecular formula is C42H34N4. The molecule has 4 heteroatoms. The van der Waals surface area contributed by atoms with Gasteiger partial charge in [-0.05, 0) is 100 Å². The van der Waals surface area contributed by atoms with Crippen molar-refractivity contribution in [3.63, 3.8) is 0 Å². The largest absolute Gasteiger partial charge is 0.208 e. The van der Waals surface area contributed by atoms with Crippen molar-refractivity contribution in [2.75, 3.05) is 0 Å². The van der Waals surface area contributed by atoms with Crippen LogP contribution in [-0.4, -0.2) is 15.0 Å². The van der Waals surface area contributed by atoms with Crippen LogP contribution in [0.25, 0.3) is 56.1 Å². The fourth-order valence-corrected chi connectivity index (χ4v) is 9.41. The second-order valence-electron chi connectivity index (χ2n) is 14.0. The minimum Gasteiger partial charge on any atom is -0.208 e. The number of nitrogens with zero attached hydrogens (tertiary/aromatic N) is 4. The van der Waals surface area contributed by atoms with Gasteiger partial charge >= 0.3 is 0 Å². The van der Waals surface area contributed by atoms with E-state index < -0.39 is 0 Å². The lowest BCUT2D eigenvalue weighted by Crippen LogP contribution is -2.26. The monoisotopic (exact) mass is 594 g/mol. The molecule has 1 aromatic heterocycles. The molecular weight excluding hydrogens is 560 g/mol. The van der Waals surface area contributed by atoms with Gasteiger partial charge in [0.15, 0.2) is 17.5 Å². The van der Waals surface area contributed by atoms with E-state index in [9.17, 15) is 5.26 Å². The van der Waals surface area contributed by atoms with Gasteiger partial charge in [-0.1, -0.05) is 104 Å². The molecule has 0 aliphatic heterocycles. The molecule has 0 spiro atoms. The molecule has 3 saturated carbocycles. The maximum absolute atomic E-state index is 9.54. The first-order valence-electron chi connectivity index (χ1n) is 16.5. The average Bonchev–Trinajstić information content (AvgIpc) is 3.62. The van der Waals surface area contributed by atoms with E-state index in [0.717, 1.165) is 33.9 Å². The summed E-state index contributed by atoms with van der Waals surface area (Å²) < 4.78 is 0. The highest BCUT2D eigenvalue weighted by Gasteiger charge is 2.65. The van der Waals surface area contributed by atoms with Crippen molar-refractivity contribution in [1.29, 1.82) is 5.26 Å². The predicted molar refractivity (Wildman–Crippen MR) is 184 cm³/mol. The van der Waals surface area contributed by atoms with Gasteiger partial charge in [-0.15, -0.1) is 0 Å². The van der Waals surface area contributed by atoms with Crippen LogP contribution in [0.1, 0.15) is 50.2 Å². The molecule has 2 bridgehead atoms. The first-order valence-corrected chi connectivity index (χ1v) is 16.5. The van der Waals surface area contributed by atoms with Gasteiger partial charge in [-0.3, -0.25) is 0 Å². The van der Waals surface area contributed by atoms with Crippen LogP contribution in [0.15, 0.2) is 115 Å². The molecule has 6 aromatic rings. The molecule has 4 atom stereocenters. The Morgan fingerprint density at radius 3 is 1.91 bits per heavy atom. The van der Waals surface area contributed by atoms with Crippen LogP contribution in [0.4, 0.5) is 0 Å². The topological polar surface area (TPSA) is 62.5 Å². The lowest BCUT2D eigenvalue weighted by Gasteiger charge is -2.33. The highest BCUT2D eigenvalue weighted by molar-refractivity contribution is 6.04. The Kier molecular flexibility index (Phi) is 6.02. The molecule has 0 radical (unpaired) electrons. The average molecular weight is 595 g/mol. The zero-order valence-corrected chi connectivity index (χ0v) is 25.9. The first kappa shape index (κ1) is 27.2. The molecule has 1 unspecified atom stereocenters. The van der Waals surface area contributed by atoms with Crippen LogP contribution in [0.2, 0.25) is 0 Å². The van der Waals surface area contributed by atoms with E-state index in [2.05, 4.69) is 73.7 Å². The molecule has 0 amide bonds. The Morgan fingerprint density at radius 2 is 1.22 bits per heavy atom. The molecule has 1 heterocycles. The Hall–Kier alpha value is -5.14. The quantitative estimate of drug-likeness (QED) is 0.199. The summed E-state index contributed by atoms with van der Waals surface area (Å²) >= 11 is 0. The van der Waals surface area contributed by atoms with Crippen molar-refractivity contribution in [2.24, 2.45) is 17.3 Å². The van der Waals surface area contributed by atoms with Gasteiger partial charge in [0, 0.05) is 16.7 Å². The summed E-state index contributed by atoms with van der Waals surface area (Å²) in [5, 5.41) is 11.8. The second-order valence-corrected chi connectivity index (χ2v) is 14.0. The lowest BCUT2D eigenvalue weighted by atomic mass is 9.72. The van der Waals surface area contributed by atoms with E-state index in [1.54, 1.807) is 11.6 Å². The first-order chi connectivity index (χ1) is 22.5. The van der Waals surface area contributed by atoms with Crippen LogP contribution in [0.3, 0.4) is 0 Å². The minimum atomic E-state index is 0.380. The maximum atomic E-state index is 9.54. The van der Waals surface area contributed by atoms with Crippen LogP contribution in [0.5, 0.6) is 0 Å². The molecule has 0 saturated heterocycles. The molecule has 3 aliphatic carbocycles. The third-order valence-electron chi connectivity index (χ3n) is 11.6. The third-order valence-corrected chi connectivity index (χ3v) is 11.6. The van der Waals surface area contributed by atoms with Gasteiger partial charge in [-0.25, -0.2) is 15.0 Å². The number of aromatic nitrogens is 3. The van der Waals surface area contributed by atoms with E-state index in [1.165, 1.54) is 48.6 Å². The standard InChI is InChI=1S/C42H34N4/c1-41-26-42(23-32(41)18-19-33(41)24-42)31-16-14-28(15-17-31)34-20-21-37(36-13-6-5-12-35(34)36)40-45-38(29-9-3-2-4-10-29)44-39(46-40)30-11-7-8-27(22-30)25-43/h2-17,20-22,32-33H,18-19,23-24,26H2,1H3/t32-,33+,41-,42?. The van der Waals surface area contributed by atoms with Crippen molar-refractivity contribution in [3.05, 3.63) is 126 Å². The molecule has 3 aliphatic rings. The van der Waals surface area contributed by atoms with Gasteiger partial charge in [0.1, 0.15) is 0 Å². The van der Waals surface area contributed by atoms with E-state index >= 15 is 0 Å². The fourth-order valence-electron chi connectivity index (χ4n) is 9.41. The highest BCUT2D eigenvalue weighted by Crippen LogP contribution is 2.72. The normalized spacial score (nSPS) is 24.3. The summed E-state index contributed by atoms with van der Waals surface area (Å²) in [6.07, 6.45) is 6.97. The van der Waals surface area contributed by atoms with Crippen molar-refractivity contribution >= 4 is 10.8 Å². The van der Waals surface area contributed by atoms with Crippen LogP contribution >= 0.6 is 0 Å². The van der Waals surface area contributed by atoms with Crippen LogP contribution in [0, 0.1) is 28.6 Å². The minimum absolute atomic E-state index is 0.380. The van der Waals surface area contributed by atoms with E-state index in [4.69, 9.17) is 15.0 Å². The summed E-state index contributed by atoms with van der Waals surface area (Å²) in [4.78, 5) is 14.9. The number of hydrogen-bond acceptors (Lipinski definition) is 4. The summed E-state index contributed by atoms with van der Waals surface area (Å²) in [6.45, 7) is 2.58. The number of fused-ring (bicyclic) bond motifs is 2. The Balaban J connectivity index is 1.14. The van der Waals surface area contributed by atoms with Gasteiger partial charge in [0.2, 0.25) is 0 Å². The zero-order valence-electron chi connectivity index (χ0n) is 25.9. The fraction of sp³-hybridized carbons (Fsp3) is 0.238. The summed E-state index contributed by atoms with van der Waals surface area (Å²) in [5.41, 5.74) is 8.18. The predicted octanol–water partition coefficient (Wildman–Crippen LogP) is 10.0. The SMILES string of the molecule is C[C@@]12CC3(c4ccc(-c5ccc(-c6nc(-c7ccccc7)nc(-c7cccc(C#N)c7)n6)c6ccccc56)cc4)C[C@H]1CC[C@H]2C3. The van der Waals surface area contributed by atoms with Crippen molar-refractivity contribution in [3.8, 4) is 51.4 Å². The van der Waals surface area contributed by atoms with Crippen LogP contribution < -0.4 is 0 Å². The molecule has 46 heavy (non-hydrogen) atoms. The Labute approximate surface area is 269 Å². The number of hydrogen-bond donors (Lipinski definition) is 0. The Bertz CT molecular complexity index is 2160. The number of rotatable bonds is 5. The highest BCUT2D eigenvalue weighted by atomic mass is 15.0. The third kappa shape index (κ3) is 4.15. The lowest BCUT2D eigenvalue weighted by molar-refractivity contribution is 0.195. The summed E-state index contributed by atoms with van der Waals surface area (Å²) in [5.74, 6) is 3.59. The van der Waals surface area contributed by atoms with Crippen LogP contribution in [-0.2, 0) is 5.41 Å². The van der Waals surface area contributed by atoms with Crippen molar-refractivity contribution in [1.82, 2.24) is 15.0 Å². The van der Waals surface area contributed by atoms with Gasteiger partial charge < -0.3 is 0 Å². The number of nitriles is 1. The van der Waals surface area contributed by atoms with Crippen molar-refractivity contribution < 1.29 is 0 Å². The van der Waals surface area contributed by atoms with Crippen molar-refractivity contribution in [2.45, 2.75) is 44.4 Å². The maximum Gasteiger partial charge on any atom is 0.164 e.